The van der Waals surface area contributed by atoms with Crippen molar-refractivity contribution >= 4 is 41.0 Å². The number of thiocarbonyl (C=S) groups is 1. The van der Waals surface area contributed by atoms with Gasteiger partial charge in [-0.25, -0.2) is 4.79 Å². The number of aliphatic imine (C=N–C) groups is 1. The monoisotopic (exact) mass is 403 g/mol. The number of para-hydroxylation sites is 2. The van der Waals surface area contributed by atoms with E-state index in [0.29, 0.717) is 34.2 Å². The minimum atomic E-state index is -0.661. The van der Waals surface area contributed by atoms with E-state index in [9.17, 15) is 4.79 Å². The molecular formula is C19H21N3O5S. The maximum Gasteiger partial charge on any atom is 0.413 e. The molecule has 0 aliphatic carbocycles. The molecule has 0 fully saturated rings. The fraction of sp³-hybridized carbons (Fsp3) is 0.211. The lowest BCUT2D eigenvalue weighted by Crippen LogP contribution is -2.33. The van der Waals surface area contributed by atoms with Crippen LogP contribution in [0.2, 0.25) is 0 Å². The summed E-state index contributed by atoms with van der Waals surface area (Å²) in [7, 11) is 5.93. The average Bonchev–Trinajstić information content (AvgIpc) is 2.72. The second kappa shape index (κ2) is 10.1. The quantitative estimate of drug-likeness (QED) is 0.563. The lowest BCUT2D eigenvalue weighted by molar-refractivity contribution is 0.177. The van der Waals surface area contributed by atoms with Gasteiger partial charge in [-0.15, -0.1) is 0 Å². The van der Waals surface area contributed by atoms with Gasteiger partial charge in [0.05, 0.1) is 45.4 Å². The van der Waals surface area contributed by atoms with E-state index in [1.54, 1.807) is 51.8 Å². The van der Waals surface area contributed by atoms with Crippen LogP contribution in [0.4, 0.5) is 16.2 Å². The maximum atomic E-state index is 11.3. The number of methoxy groups -OCH3 is 4. The predicted molar refractivity (Wildman–Crippen MR) is 112 cm³/mol. The van der Waals surface area contributed by atoms with Gasteiger partial charge in [-0.3, -0.25) is 10.3 Å². The van der Waals surface area contributed by atoms with Gasteiger partial charge in [-0.2, -0.15) is 0 Å². The van der Waals surface area contributed by atoms with E-state index in [-0.39, 0.29) is 5.11 Å². The van der Waals surface area contributed by atoms with Gasteiger partial charge >= 0.3 is 6.09 Å². The predicted octanol–water partition coefficient (Wildman–Crippen LogP) is 3.52. The average molecular weight is 403 g/mol. The van der Waals surface area contributed by atoms with Gasteiger partial charge in [0.25, 0.3) is 0 Å². The molecule has 0 heterocycles. The van der Waals surface area contributed by atoms with E-state index in [2.05, 4.69) is 20.4 Å². The highest BCUT2D eigenvalue weighted by Gasteiger charge is 2.12. The molecule has 28 heavy (non-hydrogen) atoms. The first-order chi connectivity index (χ1) is 13.5. The van der Waals surface area contributed by atoms with Crippen LogP contribution in [-0.4, -0.2) is 45.9 Å². The Labute approximate surface area is 168 Å². The van der Waals surface area contributed by atoms with Gasteiger partial charge in [0, 0.05) is 18.3 Å². The van der Waals surface area contributed by atoms with Gasteiger partial charge in [-0.05, 0) is 24.4 Å². The first-order valence-electron chi connectivity index (χ1n) is 8.11. The number of rotatable bonds is 6. The number of nitrogens with one attached hydrogen (secondary N) is 2. The van der Waals surface area contributed by atoms with Crippen LogP contribution in [-0.2, 0) is 4.74 Å². The van der Waals surface area contributed by atoms with Gasteiger partial charge in [0.15, 0.2) is 5.11 Å². The zero-order chi connectivity index (χ0) is 20.5. The molecule has 0 saturated heterocycles. The van der Waals surface area contributed by atoms with Crippen molar-refractivity contribution < 1.29 is 23.7 Å². The lowest BCUT2D eigenvalue weighted by Gasteiger charge is -2.13. The Morgan fingerprint density at radius 3 is 2.25 bits per heavy atom. The van der Waals surface area contributed by atoms with Gasteiger partial charge in [0.2, 0.25) is 0 Å². The van der Waals surface area contributed by atoms with Crippen molar-refractivity contribution in [1.29, 1.82) is 0 Å². The number of nitrogens with zero attached hydrogens (tertiary/aromatic N) is 1. The summed E-state index contributed by atoms with van der Waals surface area (Å²) in [5.41, 5.74) is 1.85. The molecule has 0 saturated carbocycles. The highest BCUT2D eigenvalue weighted by Crippen LogP contribution is 2.33. The van der Waals surface area contributed by atoms with Crippen molar-refractivity contribution in [3.8, 4) is 17.2 Å². The van der Waals surface area contributed by atoms with E-state index in [1.165, 1.54) is 7.11 Å². The molecule has 0 radical (unpaired) electrons. The van der Waals surface area contributed by atoms with Crippen LogP contribution in [0, 0.1) is 0 Å². The standard InChI is InChI=1S/C19H21N3O5S/c1-24-12-9-16(25-2)13(17(10-12)26-3)11-20-14-7-5-6-8-15(14)21-18(28)22-19(23)27-4/h5-11H,1-4H3,(H2,21,22,23,28)/b20-11+. The van der Waals surface area contributed by atoms with Gasteiger partial charge in [-0.1, -0.05) is 12.1 Å². The largest absolute Gasteiger partial charge is 0.496 e. The summed E-state index contributed by atoms with van der Waals surface area (Å²) in [6.07, 6.45) is 0.959. The van der Waals surface area contributed by atoms with E-state index < -0.39 is 6.09 Å². The van der Waals surface area contributed by atoms with Gasteiger partial charge < -0.3 is 24.3 Å². The molecule has 2 aromatic carbocycles. The number of alkyl carbamates (subject to hydrolysis) is 1. The topological polar surface area (TPSA) is 90.4 Å². The van der Waals surface area contributed by atoms with Crippen molar-refractivity contribution in [3.63, 3.8) is 0 Å². The summed E-state index contributed by atoms with van der Waals surface area (Å²) >= 11 is 5.09. The molecule has 0 aliphatic heterocycles. The number of amides is 1. The first-order valence-corrected chi connectivity index (χ1v) is 8.52. The Kier molecular flexibility index (Phi) is 7.58. The smallest absolute Gasteiger partial charge is 0.413 e. The molecule has 0 unspecified atom stereocenters. The number of hydrogen-bond donors (Lipinski definition) is 2. The Bertz CT molecular complexity index is 861. The Balaban J connectivity index is 2.33. The Hall–Kier alpha value is -3.33. The molecule has 9 heteroatoms. The summed E-state index contributed by atoms with van der Waals surface area (Å²) in [6, 6.07) is 10.7. The summed E-state index contributed by atoms with van der Waals surface area (Å²) in [6.45, 7) is 0. The molecule has 2 N–H and O–H groups in total. The molecule has 1 amide bonds. The van der Waals surface area contributed by atoms with Crippen LogP contribution >= 0.6 is 12.2 Å². The van der Waals surface area contributed by atoms with Crippen molar-refractivity contribution in [2.45, 2.75) is 0 Å². The van der Waals surface area contributed by atoms with Crippen LogP contribution in [0.5, 0.6) is 17.2 Å². The van der Waals surface area contributed by atoms with E-state index in [1.807, 2.05) is 12.1 Å². The Morgan fingerprint density at radius 1 is 1.04 bits per heavy atom. The normalized spacial score (nSPS) is 10.3. The lowest BCUT2D eigenvalue weighted by atomic mass is 10.1. The van der Waals surface area contributed by atoms with E-state index >= 15 is 0 Å². The number of carbonyl (C=O) groups is 1. The minimum Gasteiger partial charge on any atom is -0.496 e. The fourth-order valence-corrected chi connectivity index (χ4v) is 2.48. The van der Waals surface area contributed by atoms with Crippen molar-refractivity contribution in [2.75, 3.05) is 33.8 Å². The van der Waals surface area contributed by atoms with Crippen molar-refractivity contribution in [3.05, 3.63) is 42.0 Å². The van der Waals surface area contributed by atoms with Gasteiger partial charge in [0.1, 0.15) is 17.2 Å². The second-order valence-corrected chi connectivity index (χ2v) is 5.70. The zero-order valence-corrected chi connectivity index (χ0v) is 16.8. The number of anilines is 1. The molecule has 0 aliphatic rings. The van der Waals surface area contributed by atoms with E-state index in [4.69, 9.17) is 26.4 Å². The molecular weight excluding hydrogens is 382 g/mol. The molecule has 0 aromatic heterocycles. The third-order valence-electron chi connectivity index (χ3n) is 3.64. The molecule has 0 atom stereocenters. The number of carbonyl (C=O) groups excluding carboxylic acids is 1. The van der Waals surface area contributed by atoms with Crippen LogP contribution in [0.25, 0.3) is 0 Å². The summed E-state index contributed by atoms with van der Waals surface area (Å²) in [5, 5.41) is 5.38. The zero-order valence-electron chi connectivity index (χ0n) is 15.9. The third kappa shape index (κ3) is 5.34. The number of ether oxygens (including phenoxy) is 4. The van der Waals surface area contributed by atoms with Crippen LogP contribution in [0.1, 0.15) is 5.56 Å². The first kappa shape index (κ1) is 21.0. The molecule has 2 rings (SSSR count). The SMILES string of the molecule is COC(=O)NC(=S)Nc1ccccc1/N=C/c1c(OC)cc(OC)cc1OC. The molecule has 148 valence electrons. The second-order valence-electron chi connectivity index (χ2n) is 5.29. The van der Waals surface area contributed by atoms with Crippen LogP contribution in [0.15, 0.2) is 41.4 Å². The maximum absolute atomic E-state index is 11.3. The van der Waals surface area contributed by atoms with Crippen molar-refractivity contribution in [1.82, 2.24) is 5.32 Å². The summed E-state index contributed by atoms with van der Waals surface area (Å²) in [5.74, 6) is 1.70. The third-order valence-corrected chi connectivity index (χ3v) is 3.84. The molecule has 8 nitrogen and oxygen atoms in total. The molecule has 2 aromatic rings. The number of benzene rings is 2. The highest BCUT2D eigenvalue weighted by molar-refractivity contribution is 7.80. The van der Waals surface area contributed by atoms with E-state index in [0.717, 1.165) is 0 Å². The molecule has 0 bridgehead atoms. The number of hydrogen-bond acceptors (Lipinski definition) is 7. The minimum absolute atomic E-state index is 0.0918. The fourth-order valence-electron chi connectivity index (χ4n) is 2.28. The van der Waals surface area contributed by atoms with Crippen LogP contribution < -0.4 is 24.8 Å². The Morgan fingerprint density at radius 2 is 1.68 bits per heavy atom. The van der Waals surface area contributed by atoms with Crippen LogP contribution in [0.3, 0.4) is 0 Å². The summed E-state index contributed by atoms with van der Waals surface area (Å²) in [4.78, 5) is 15.8. The summed E-state index contributed by atoms with van der Waals surface area (Å²) < 4.78 is 20.6. The van der Waals surface area contributed by atoms with Crippen molar-refractivity contribution in [2.24, 2.45) is 4.99 Å². The molecule has 0 spiro atoms. The highest BCUT2D eigenvalue weighted by atomic mass is 32.1.